The number of carbonyl (C=O) groups excluding carboxylic acids is 2. The lowest BCUT2D eigenvalue weighted by Crippen LogP contribution is -2.64. The van der Waals surface area contributed by atoms with Crippen molar-refractivity contribution in [1.29, 1.82) is 0 Å². The highest BCUT2D eigenvalue weighted by Gasteiger charge is 2.42. The second-order valence-electron chi connectivity index (χ2n) is 12.4. The Morgan fingerprint density at radius 3 is 2.64 bits per heavy atom. The molecule has 3 aromatic heterocycles. The molecule has 0 spiro atoms. The Labute approximate surface area is 268 Å². The number of fused-ring (bicyclic) bond motifs is 2. The summed E-state index contributed by atoms with van der Waals surface area (Å²) in [6, 6.07) is 6.12. The number of pyridine rings is 1. The maximum atomic E-state index is 13.3. The van der Waals surface area contributed by atoms with Crippen molar-refractivity contribution in [3.05, 3.63) is 65.9 Å². The zero-order chi connectivity index (χ0) is 33.7. The number of benzene rings is 1. The lowest BCUT2D eigenvalue weighted by atomic mass is 10.0. The number of nitrogens with one attached hydrogen (secondary N) is 1. The highest BCUT2D eigenvalue weighted by molar-refractivity contribution is 6.04. The predicted octanol–water partition coefficient (Wildman–Crippen LogP) is 4.43. The number of alkyl halides is 3. The molecule has 0 aliphatic carbocycles. The molecule has 2 saturated heterocycles. The summed E-state index contributed by atoms with van der Waals surface area (Å²) in [6.07, 6.45) is -0.896. The fraction of sp³-hybridized carbons (Fsp3) is 0.406. The molecule has 4 aromatic rings. The number of anilines is 2. The van der Waals surface area contributed by atoms with Crippen LogP contribution in [0.15, 0.2) is 48.9 Å². The van der Waals surface area contributed by atoms with Crippen LogP contribution < -0.4 is 15.8 Å². The summed E-state index contributed by atoms with van der Waals surface area (Å²) < 4.78 is 53.5. The molecule has 2 amide bonds. The van der Waals surface area contributed by atoms with Crippen LogP contribution in [0.3, 0.4) is 0 Å². The minimum absolute atomic E-state index is 0.0274. The van der Waals surface area contributed by atoms with E-state index in [0.717, 1.165) is 18.3 Å². The van der Waals surface area contributed by atoms with E-state index in [1.807, 2.05) is 4.90 Å². The normalized spacial score (nSPS) is 19.1. The summed E-state index contributed by atoms with van der Waals surface area (Å²) in [5.74, 6) is 0.119. The topological polar surface area (TPSA) is 140 Å². The number of nitrogens with zero attached hydrogens (tertiary/aromatic N) is 6. The van der Waals surface area contributed by atoms with Crippen molar-refractivity contribution >= 4 is 29.0 Å². The van der Waals surface area contributed by atoms with Gasteiger partial charge in [-0.2, -0.15) is 13.2 Å². The summed E-state index contributed by atoms with van der Waals surface area (Å²) in [5, 5.41) is 2.42. The largest absolute Gasteiger partial charge is 0.493 e. The van der Waals surface area contributed by atoms with Crippen molar-refractivity contribution in [2.45, 2.75) is 51.6 Å². The number of nitrogen functional groups attached to an aromatic ring is 1. The van der Waals surface area contributed by atoms with E-state index in [9.17, 15) is 22.8 Å². The minimum Gasteiger partial charge on any atom is -0.493 e. The van der Waals surface area contributed by atoms with Crippen LogP contribution in [0.5, 0.6) is 5.75 Å². The van der Waals surface area contributed by atoms with Crippen molar-refractivity contribution in [2.75, 3.05) is 43.9 Å². The molecular formula is C32H35F3N8O4. The van der Waals surface area contributed by atoms with Crippen LogP contribution in [0.25, 0.3) is 16.8 Å². The average Bonchev–Trinajstić information content (AvgIpc) is 3.41. The van der Waals surface area contributed by atoms with Crippen LogP contribution in [0.2, 0.25) is 0 Å². The van der Waals surface area contributed by atoms with E-state index in [1.54, 1.807) is 29.8 Å². The van der Waals surface area contributed by atoms with Gasteiger partial charge in [0.2, 0.25) is 5.91 Å². The van der Waals surface area contributed by atoms with Crippen LogP contribution in [-0.4, -0.2) is 85.4 Å². The third kappa shape index (κ3) is 6.32. The van der Waals surface area contributed by atoms with Gasteiger partial charge in [0.25, 0.3) is 5.91 Å². The summed E-state index contributed by atoms with van der Waals surface area (Å²) in [7, 11) is 0. The van der Waals surface area contributed by atoms with Gasteiger partial charge in [0.05, 0.1) is 37.9 Å². The number of ether oxygens (including phenoxy) is 2. The summed E-state index contributed by atoms with van der Waals surface area (Å²) in [6.45, 7) is 9.94. The van der Waals surface area contributed by atoms with Gasteiger partial charge in [-0.1, -0.05) is 0 Å². The number of amides is 2. The molecular weight excluding hydrogens is 617 g/mol. The number of hydrogen-bond acceptors (Lipinski definition) is 9. The van der Waals surface area contributed by atoms with E-state index in [-0.39, 0.29) is 41.3 Å². The van der Waals surface area contributed by atoms with E-state index < -0.39 is 23.8 Å². The quantitative estimate of drug-likeness (QED) is 0.310. The zero-order valence-electron chi connectivity index (χ0n) is 26.3. The first-order chi connectivity index (χ1) is 22.2. The Morgan fingerprint density at radius 2 is 1.91 bits per heavy atom. The number of morpholine rings is 1. The Kier molecular flexibility index (Phi) is 8.30. The molecule has 5 heterocycles. The molecule has 2 fully saturated rings. The Hall–Kier alpha value is -4.76. The van der Waals surface area contributed by atoms with Gasteiger partial charge in [-0.05, 0) is 58.0 Å². The van der Waals surface area contributed by atoms with Gasteiger partial charge in [0.15, 0.2) is 0 Å². The Balaban J connectivity index is 1.32. The zero-order valence-corrected chi connectivity index (χ0v) is 26.3. The number of piperazine rings is 1. The molecule has 0 unspecified atom stereocenters. The lowest BCUT2D eigenvalue weighted by molar-refractivity contribution is -0.159. The van der Waals surface area contributed by atoms with E-state index in [0.29, 0.717) is 54.6 Å². The molecule has 3 N–H and O–H groups in total. The highest BCUT2D eigenvalue weighted by atomic mass is 19.4. The number of hydrogen-bond donors (Lipinski definition) is 2. The molecule has 0 saturated carbocycles. The molecule has 2 aliphatic heterocycles. The van der Waals surface area contributed by atoms with E-state index in [2.05, 4.69) is 41.0 Å². The van der Waals surface area contributed by atoms with Gasteiger partial charge in [0.1, 0.15) is 40.5 Å². The number of aromatic nitrogens is 4. The molecule has 47 heavy (non-hydrogen) atoms. The Bertz CT molecular complexity index is 1840. The van der Waals surface area contributed by atoms with Gasteiger partial charge >= 0.3 is 6.18 Å². The molecule has 248 valence electrons. The fourth-order valence-corrected chi connectivity index (χ4v) is 5.89. The summed E-state index contributed by atoms with van der Waals surface area (Å²) >= 11 is 0. The number of rotatable bonds is 6. The van der Waals surface area contributed by atoms with Crippen molar-refractivity contribution < 1.29 is 32.2 Å². The predicted molar refractivity (Wildman–Crippen MR) is 167 cm³/mol. The van der Waals surface area contributed by atoms with Crippen LogP contribution in [0.4, 0.5) is 24.8 Å². The van der Waals surface area contributed by atoms with Crippen molar-refractivity contribution in [2.24, 2.45) is 0 Å². The van der Waals surface area contributed by atoms with Crippen molar-refractivity contribution in [1.82, 2.24) is 29.2 Å². The van der Waals surface area contributed by atoms with Gasteiger partial charge in [-0.15, -0.1) is 0 Å². The third-order valence-corrected chi connectivity index (χ3v) is 8.35. The SMILES string of the molecule is CCOc1cc(C(=O)Nc2cc(C(F)(F)F)ccn2)ccc1-c1nc([C@H]2CN3C(=O)CN(C(C)(C)C)C[C@@H]3CO2)n2ccnc(N)c12. The number of nitrogens with two attached hydrogens (primary N) is 1. The van der Waals surface area contributed by atoms with Crippen molar-refractivity contribution in [3.63, 3.8) is 0 Å². The van der Waals surface area contributed by atoms with Crippen LogP contribution in [-0.2, 0) is 15.7 Å². The van der Waals surface area contributed by atoms with E-state index in [1.165, 1.54) is 12.1 Å². The second-order valence-corrected chi connectivity index (χ2v) is 12.4. The molecule has 2 aliphatic rings. The maximum absolute atomic E-state index is 13.3. The fourth-order valence-electron chi connectivity index (χ4n) is 5.89. The first kappa shape index (κ1) is 32.2. The number of imidazole rings is 1. The molecule has 2 atom stereocenters. The highest BCUT2D eigenvalue weighted by Crippen LogP contribution is 2.38. The first-order valence-electron chi connectivity index (χ1n) is 15.1. The molecule has 6 rings (SSSR count). The lowest BCUT2D eigenvalue weighted by Gasteiger charge is -2.49. The van der Waals surface area contributed by atoms with Crippen LogP contribution in [0, 0.1) is 0 Å². The maximum Gasteiger partial charge on any atom is 0.416 e. The van der Waals surface area contributed by atoms with Crippen molar-refractivity contribution in [3.8, 4) is 17.0 Å². The smallest absolute Gasteiger partial charge is 0.416 e. The van der Waals surface area contributed by atoms with Gasteiger partial charge in [-0.3, -0.25) is 18.9 Å². The van der Waals surface area contributed by atoms with Gasteiger partial charge < -0.3 is 25.4 Å². The first-order valence-corrected chi connectivity index (χ1v) is 15.1. The Morgan fingerprint density at radius 1 is 1.13 bits per heavy atom. The van der Waals surface area contributed by atoms with Crippen LogP contribution >= 0.6 is 0 Å². The monoisotopic (exact) mass is 652 g/mol. The molecule has 15 heteroatoms. The van der Waals surface area contributed by atoms with Gasteiger partial charge in [-0.25, -0.2) is 15.0 Å². The van der Waals surface area contributed by atoms with E-state index in [4.69, 9.17) is 20.2 Å². The third-order valence-electron chi connectivity index (χ3n) is 8.35. The molecule has 12 nitrogen and oxygen atoms in total. The average molecular weight is 653 g/mol. The molecule has 0 radical (unpaired) electrons. The summed E-state index contributed by atoms with van der Waals surface area (Å²) in [5.41, 5.74) is 6.84. The number of halogens is 3. The number of carbonyl (C=O) groups is 2. The minimum atomic E-state index is -4.59. The summed E-state index contributed by atoms with van der Waals surface area (Å²) in [4.78, 5) is 43.4. The van der Waals surface area contributed by atoms with E-state index >= 15 is 0 Å². The second kappa shape index (κ2) is 12.1. The standard InChI is InChI=1S/C32H35F3N8O4/c1-5-46-22-12-18(30(45)39-24-13-19(8-9-37-24)32(33,34)35)6-7-21(22)26-27-28(36)38-10-11-42(27)29(40-26)23-15-43-20(17-47-23)14-41(16-25(43)44)31(2,3)4/h6-13,20,23H,5,14-17H2,1-4H3,(H2,36,38)(H,37,39,45)/t20-,23-/m1/s1. The molecule has 0 bridgehead atoms. The van der Waals surface area contributed by atoms with Crippen LogP contribution in [0.1, 0.15) is 55.5 Å². The van der Waals surface area contributed by atoms with Gasteiger partial charge in [0, 0.05) is 41.8 Å². The molecule has 1 aromatic carbocycles.